The summed E-state index contributed by atoms with van der Waals surface area (Å²) >= 11 is 1.74. The van der Waals surface area contributed by atoms with E-state index in [0.717, 1.165) is 11.3 Å². The molecular formula is C13H17NO3S. The zero-order valence-electron chi connectivity index (χ0n) is 10.7. The van der Waals surface area contributed by atoms with Gasteiger partial charge in [-0.15, -0.1) is 0 Å². The summed E-state index contributed by atoms with van der Waals surface area (Å²) in [6.45, 7) is 4.20. The van der Waals surface area contributed by atoms with Crippen LogP contribution in [0.1, 0.15) is 29.8 Å². The molecule has 0 aromatic heterocycles. The highest BCUT2D eigenvalue weighted by Gasteiger charge is 2.21. The number of amides is 1. The van der Waals surface area contributed by atoms with Crippen molar-refractivity contribution >= 4 is 23.8 Å². The maximum Gasteiger partial charge on any atom is 0.412 e. The molecule has 0 spiro atoms. The summed E-state index contributed by atoms with van der Waals surface area (Å²) in [5.74, 6) is 0.214. The highest BCUT2D eigenvalue weighted by Crippen LogP contribution is 2.27. The number of esters is 1. The fourth-order valence-corrected chi connectivity index (χ4v) is 2.55. The van der Waals surface area contributed by atoms with Gasteiger partial charge < -0.3 is 10.5 Å². The second-order valence-corrected chi connectivity index (χ2v) is 5.47. The number of hydrogen-bond donors (Lipinski definition) is 1. The predicted octanol–water partition coefficient (Wildman–Crippen LogP) is 2.56. The number of thioether (sulfide) groups is 1. The number of rotatable bonds is 4. The molecule has 0 aliphatic heterocycles. The van der Waals surface area contributed by atoms with E-state index in [4.69, 9.17) is 5.73 Å². The summed E-state index contributed by atoms with van der Waals surface area (Å²) in [6, 6.07) is 7.07. The third kappa shape index (κ3) is 3.77. The highest BCUT2D eigenvalue weighted by molar-refractivity contribution is 7.98. The van der Waals surface area contributed by atoms with Gasteiger partial charge in [-0.05, 0) is 29.4 Å². The van der Waals surface area contributed by atoms with Crippen molar-refractivity contribution in [2.75, 3.05) is 12.0 Å². The quantitative estimate of drug-likeness (QED) is 0.672. The maximum atomic E-state index is 11.6. The van der Waals surface area contributed by atoms with Gasteiger partial charge in [0.05, 0.1) is 5.56 Å². The smallest absolute Gasteiger partial charge is 0.373 e. The Balaban J connectivity index is 2.99. The number of carbonyl (C=O) groups is 2. The van der Waals surface area contributed by atoms with Gasteiger partial charge in [0.1, 0.15) is 0 Å². The Kier molecular flexibility index (Phi) is 4.78. The van der Waals surface area contributed by atoms with E-state index in [1.807, 2.05) is 12.3 Å². The van der Waals surface area contributed by atoms with Crippen LogP contribution in [0.2, 0.25) is 0 Å². The lowest BCUT2D eigenvalue weighted by atomic mass is 9.86. The van der Waals surface area contributed by atoms with Crippen LogP contribution in [0.15, 0.2) is 24.3 Å². The molecule has 98 valence electrons. The third-order valence-corrected chi connectivity index (χ3v) is 3.59. The molecule has 0 saturated carbocycles. The molecule has 0 unspecified atom stereocenters. The monoisotopic (exact) mass is 267 g/mol. The largest absolute Gasteiger partial charge is 0.412 e. The second kappa shape index (κ2) is 5.91. The van der Waals surface area contributed by atoms with Crippen molar-refractivity contribution in [2.45, 2.75) is 19.3 Å². The number of ether oxygens (including phenoxy) is 1. The average molecular weight is 267 g/mol. The van der Waals surface area contributed by atoms with Gasteiger partial charge in [0.15, 0.2) is 0 Å². The Labute approximate surface area is 111 Å². The molecule has 1 amide bonds. The van der Waals surface area contributed by atoms with Crippen LogP contribution in [0.25, 0.3) is 0 Å². The van der Waals surface area contributed by atoms with E-state index in [1.54, 1.807) is 30.0 Å². The van der Waals surface area contributed by atoms with E-state index < -0.39 is 12.1 Å². The Morgan fingerprint density at radius 3 is 2.61 bits per heavy atom. The zero-order valence-corrected chi connectivity index (χ0v) is 11.5. The molecule has 5 heteroatoms. The van der Waals surface area contributed by atoms with Gasteiger partial charge in [0.2, 0.25) is 0 Å². The molecule has 0 fully saturated rings. The molecule has 0 atom stereocenters. The van der Waals surface area contributed by atoms with E-state index in [9.17, 15) is 9.59 Å². The van der Waals surface area contributed by atoms with E-state index in [0.29, 0.717) is 5.56 Å². The Bertz CT molecular complexity index is 457. The summed E-state index contributed by atoms with van der Waals surface area (Å²) < 4.78 is 4.36. The summed E-state index contributed by atoms with van der Waals surface area (Å²) in [5.41, 5.74) is 6.12. The van der Waals surface area contributed by atoms with Crippen LogP contribution < -0.4 is 5.73 Å². The van der Waals surface area contributed by atoms with Crippen molar-refractivity contribution < 1.29 is 14.3 Å². The van der Waals surface area contributed by atoms with Crippen LogP contribution >= 0.6 is 11.8 Å². The third-order valence-electron chi connectivity index (χ3n) is 2.58. The van der Waals surface area contributed by atoms with Crippen LogP contribution in [0.5, 0.6) is 0 Å². The van der Waals surface area contributed by atoms with Crippen LogP contribution in [-0.4, -0.2) is 24.1 Å². The van der Waals surface area contributed by atoms with Crippen LogP contribution in [0, 0.1) is 0 Å². The van der Waals surface area contributed by atoms with Gasteiger partial charge in [-0.1, -0.05) is 26.0 Å². The van der Waals surface area contributed by atoms with Crippen LogP contribution in [0.4, 0.5) is 4.79 Å². The Morgan fingerprint density at radius 1 is 1.39 bits per heavy atom. The summed E-state index contributed by atoms with van der Waals surface area (Å²) in [7, 11) is 0. The molecular weight excluding hydrogens is 250 g/mol. The molecule has 0 bridgehead atoms. The number of hydrogen-bond acceptors (Lipinski definition) is 4. The molecule has 1 aromatic rings. The lowest BCUT2D eigenvalue weighted by Crippen LogP contribution is -2.22. The molecule has 1 aromatic carbocycles. The number of benzene rings is 1. The summed E-state index contributed by atoms with van der Waals surface area (Å²) in [6.07, 6.45) is 0.946. The van der Waals surface area contributed by atoms with E-state index in [1.165, 1.54) is 0 Å². The van der Waals surface area contributed by atoms with Gasteiger partial charge in [-0.3, -0.25) is 0 Å². The van der Waals surface area contributed by atoms with Crippen LogP contribution in [-0.2, 0) is 10.2 Å². The topological polar surface area (TPSA) is 69.4 Å². The minimum atomic E-state index is -1.09. The lowest BCUT2D eigenvalue weighted by Gasteiger charge is -2.24. The molecule has 0 saturated heterocycles. The highest BCUT2D eigenvalue weighted by atomic mass is 32.2. The number of carbonyl (C=O) groups excluding carboxylic acids is 2. The first-order valence-corrected chi connectivity index (χ1v) is 6.87. The van der Waals surface area contributed by atoms with Crippen molar-refractivity contribution in [3.63, 3.8) is 0 Å². The summed E-state index contributed by atoms with van der Waals surface area (Å²) in [4.78, 5) is 22.1. The molecule has 18 heavy (non-hydrogen) atoms. The fraction of sp³-hybridized carbons (Fsp3) is 0.385. The number of nitrogens with two attached hydrogens (primary N) is 1. The Morgan fingerprint density at radius 2 is 2.06 bits per heavy atom. The second-order valence-electron chi connectivity index (χ2n) is 4.61. The predicted molar refractivity (Wildman–Crippen MR) is 72.8 cm³/mol. The minimum Gasteiger partial charge on any atom is -0.373 e. The lowest BCUT2D eigenvalue weighted by molar-refractivity contribution is 0.0638. The summed E-state index contributed by atoms with van der Waals surface area (Å²) in [5, 5.41) is 0. The van der Waals surface area contributed by atoms with Gasteiger partial charge in [0.25, 0.3) is 0 Å². The van der Waals surface area contributed by atoms with Gasteiger partial charge >= 0.3 is 12.1 Å². The maximum absolute atomic E-state index is 11.6. The molecule has 1 rings (SSSR count). The average Bonchev–Trinajstić information content (AvgIpc) is 2.28. The first kappa shape index (κ1) is 14.6. The molecule has 0 aliphatic carbocycles. The molecule has 0 heterocycles. The normalized spacial score (nSPS) is 11.1. The van der Waals surface area contributed by atoms with Gasteiger partial charge in [-0.25, -0.2) is 9.59 Å². The molecule has 0 aliphatic rings. The fourth-order valence-electron chi connectivity index (χ4n) is 1.66. The Hall–Kier alpha value is -1.49. The standard InChI is InChI=1S/C13H17NO3S/c1-13(2,8-18-3)10-6-4-5-9(7-10)11(15)17-12(14)16/h4-7H,8H2,1-3H3,(H2,14,16). The zero-order chi connectivity index (χ0) is 13.8. The molecule has 0 radical (unpaired) electrons. The van der Waals surface area contributed by atoms with Gasteiger partial charge in [-0.2, -0.15) is 11.8 Å². The van der Waals surface area contributed by atoms with Crippen molar-refractivity contribution in [1.82, 2.24) is 0 Å². The first-order valence-electron chi connectivity index (χ1n) is 5.48. The van der Waals surface area contributed by atoms with Crippen molar-refractivity contribution in [3.8, 4) is 0 Å². The molecule has 4 nitrogen and oxygen atoms in total. The SMILES string of the molecule is CSCC(C)(C)c1cccc(C(=O)OC(N)=O)c1. The van der Waals surface area contributed by atoms with Gasteiger partial charge in [0, 0.05) is 5.75 Å². The first-order chi connectivity index (χ1) is 8.36. The van der Waals surface area contributed by atoms with Crippen molar-refractivity contribution in [1.29, 1.82) is 0 Å². The van der Waals surface area contributed by atoms with E-state index in [2.05, 4.69) is 18.6 Å². The molecule has 2 N–H and O–H groups in total. The van der Waals surface area contributed by atoms with E-state index >= 15 is 0 Å². The van der Waals surface area contributed by atoms with Crippen molar-refractivity contribution in [2.24, 2.45) is 5.73 Å². The van der Waals surface area contributed by atoms with Crippen LogP contribution in [0.3, 0.4) is 0 Å². The van der Waals surface area contributed by atoms with E-state index in [-0.39, 0.29) is 5.41 Å². The minimum absolute atomic E-state index is 0.0531. The van der Waals surface area contributed by atoms with Crippen molar-refractivity contribution in [3.05, 3.63) is 35.4 Å². The number of primary amides is 1.